The first kappa shape index (κ1) is 16.0. The lowest BCUT2D eigenvalue weighted by atomic mass is 10.5. The topological polar surface area (TPSA) is 77.0 Å². The molecule has 0 fully saturated rings. The van der Waals surface area contributed by atoms with E-state index in [4.69, 9.17) is 18.8 Å². The minimum Gasteiger partial charge on any atom is -0.378 e. The molecule has 0 bridgehead atoms. The second kappa shape index (κ2) is 11.4. The van der Waals surface area contributed by atoms with Crippen LogP contribution in [0.5, 0.6) is 0 Å². The maximum atomic E-state index is 10.2. The van der Waals surface area contributed by atoms with E-state index < -0.39 is 11.3 Å². The minimum absolute atomic E-state index is 0.227. The normalized spacial score (nSPS) is 13.2. The molecular formula is C9H21NO5S. The smallest absolute Gasteiger partial charge is 0.231 e. The first-order valence-corrected chi connectivity index (χ1v) is 6.35. The van der Waals surface area contributed by atoms with Gasteiger partial charge in [-0.15, -0.1) is 0 Å². The van der Waals surface area contributed by atoms with Crippen molar-refractivity contribution in [3.05, 3.63) is 0 Å². The molecule has 0 aromatic carbocycles. The molecule has 0 aliphatic rings. The van der Waals surface area contributed by atoms with Gasteiger partial charge in [0, 0.05) is 6.54 Å². The Morgan fingerprint density at radius 1 is 1.12 bits per heavy atom. The van der Waals surface area contributed by atoms with Crippen LogP contribution >= 0.6 is 0 Å². The third-order valence-electron chi connectivity index (χ3n) is 1.52. The number of ether oxygens (including phenoxy) is 3. The Hall–Kier alpha value is -0.0500. The molecule has 98 valence electrons. The van der Waals surface area contributed by atoms with Crippen molar-refractivity contribution < 1.29 is 23.0 Å². The number of hydrogen-bond acceptors (Lipinski definition) is 4. The Bertz CT molecular complexity index is 179. The second-order valence-corrected chi connectivity index (χ2v) is 4.07. The molecule has 1 unspecified atom stereocenters. The Kier molecular flexibility index (Phi) is 11.4. The van der Waals surface area contributed by atoms with E-state index in [1.165, 1.54) is 0 Å². The molecule has 0 heterocycles. The molecule has 16 heavy (non-hydrogen) atoms. The summed E-state index contributed by atoms with van der Waals surface area (Å²) >= 11 is -1.96. The van der Waals surface area contributed by atoms with E-state index in [-0.39, 0.29) is 6.10 Å². The van der Waals surface area contributed by atoms with Crippen molar-refractivity contribution in [2.45, 2.75) is 20.0 Å². The Morgan fingerprint density at radius 3 is 2.25 bits per heavy atom. The standard InChI is InChI=1S/C9H21NO5S/c1-9(2)15-8-7-14-6-5-13-4-3-10-16(11)12/h9-10H,3-8H2,1-2H3,(H,11,12). The van der Waals surface area contributed by atoms with Crippen LogP contribution in [-0.4, -0.2) is 54.4 Å². The molecule has 0 aromatic rings. The van der Waals surface area contributed by atoms with Crippen molar-refractivity contribution in [2.24, 2.45) is 0 Å². The van der Waals surface area contributed by atoms with Crippen LogP contribution in [0.15, 0.2) is 0 Å². The highest BCUT2D eigenvalue weighted by Gasteiger charge is 1.94. The lowest BCUT2D eigenvalue weighted by Gasteiger charge is -2.08. The Morgan fingerprint density at radius 2 is 1.69 bits per heavy atom. The third-order valence-corrected chi connectivity index (χ3v) is 1.97. The molecule has 0 radical (unpaired) electrons. The van der Waals surface area contributed by atoms with Gasteiger partial charge in [-0.05, 0) is 13.8 Å². The first-order chi connectivity index (χ1) is 7.63. The Balaban J connectivity index is 2.96. The molecule has 7 heteroatoms. The zero-order chi connectivity index (χ0) is 12.2. The quantitative estimate of drug-likeness (QED) is 0.406. The van der Waals surface area contributed by atoms with E-state index >= 15 is 0 Å². The zero-order valence-corrected chi connectivity index (χ0v) is 10.6. The second-order valence-electron chi connectivity index (χ2n) is 3.29. The van der Waals surface area contributed by atoms with E-state index in [1.54, 1.807) is 0 Å². The monoisotopic (exact) mass is 255 g/mol. The summed E-state index contributed by atoms with van der Waals surface area (Å²) in [6.45, 7) is 6.80. The SMILES string of the molecule is CC(C)OCCOCCOCCNS(=O)O. The van der Waals surface area contributed by atoms with Crippen LogP contribution in [0.2, 0.25) is 0 Å². The average molecular weight is 255 g/mol. The summed E-state index contributed by atoms with van der Waals surface area (Å²) in [5.74, 6) is 0. The van der Waals surface area contributed by atoms with Gasteiger partial charge in [0.05, 0.1) is 39.1 Å². The number of nitrogens with one attached hydrogen (secondary N) is 1. The van der Waals surface area contributed by atoms with E-state index in [1.807, 2.05) is 13.8 Å². The van der Waals surface area contributed by atoms with Gasteiger partial charge in [-0.25, -0.2) is 8.93 Å². The third kappa shape index (κ3) is 13.9. The van der Waals surface area contributed by atoms with E-state index in [2.05, 4.69) is 4.72 Å². The predicted octanol–water partition coefficient (Wildman–Crippen LogP) is 0.171. The van der Waals surface area contributed by atoms with Crippen molar-refractivity contribution in [3.8, 4) is 0 Å². The van der Waals surface area contributed by atoms with Gasteiger partial charge < -0.3 is 14.2 Å². The molecule has 1 atom stereocenters. The summed E-state index contributed by atoms with van der Waals surface area (Å²) in [4.78, 5) is 0. The van der Waals surface area contributed by atoms with Crippen LogP contribution < -0.4 is 4.72 Å². The van der Waals surface area contributed by atoms with Crippen LogP contribution in [0.1, 0.15) is 13.8 Å². The molecule has 0 spiro atoms. The van der Waals surface area contributed by atoms with Crippen molar-refractivity contribution in [1.82, 2.24) is 4.72 Å². The summed E-state index contributed by atoms with van der Waals surface area (Å²) in [6, 6.07) is 0. The van der Waals surface area contributed by atoms with Crippen molar-refractivity contribution >= 4 is 11.3 Å². The lowest BCUT2D eigenvalue weighted by molar-refractivity contribution is -0.000729. The molecule has 6 nitrogen and oxygen atoms in total. The zero-order valence-electron chi connectivity index (χ0n) is 9.81. The van der Waals surface area contributed by atoms with Gasteiger partial charge in [0.2, 0.25) is 11.3 Å². The van der Waals surface area contributed by atoms with Gasteiger partial charge in [-0.1, -0.05) is 0 Å². The van der Waals surface area contributed by atoms with Crippen molar-refractivity contribution in [2.75, 3.05) is 39.6 Å². The summed E-state index contributed by atoms with van der Waals surface area (Å²) in [5.41, 5.74) is 0. The van der Waals surface area contributed by atoms with Gasteiger partial charge in [-0.2, -0.15) is 0 Å². The summed E-state index contributed by atoms with van der Waals surface area (Å²) < 4.78 is 36.5. The number of hydrogen-bond donors (Lipinski definition) is 2. The van der Waals surface area contributed by atoms with E-state index in [0.29, 0.717) is 39.6 Å². The van der Waals surface area contributed by atoms with Crippen LogP contribution in [-0.2, 0) is 25.5 Å². The van der Waals surface area contributed by atoms with Gasteiger partial charge in [0.15, 0.2) is 0 Å². The molecular weight excluding hydrogens is 234 g/mol. The fourth-order valence-electron chi connectivity index (χ4n) is 0.866. The van der Waals surface area contributed by atoms with Crippen LogP contribution in [0.4, 0.5) is 0 Å². The number of rotatable bonds is 11. The highest BCUT2D eigenvalue weighted by atomic mass is 32.2. The summed E-state index contributed by atoms with van der Waals surface area (Å²) in [7, 11) is 0. The van der Waals surface area contributed by atoms with Crippen LogP contribution in [0.25, 0.3) is 0 Å². The molecule has 0 rings (SSSR count). The average Bonchev–Trinajstić information content (AvgIpc) is 2.20. The van der Waals surface area contributed by atoms with Gasteiger partial charge in [0.25, 0.3) is 0 Å². The van der Waals surface area contributed by atoms with Crippen LogP contribution in [0.3, 0.4) is 0 Å². The minimum atomic E-state index is -1.96. The molecule has 2 N–H and O–H groups in total. The van der Waals surface area contributed by atoms with Gasteiger partial charge in [-0.3, -0.25) is 4.55 Å². The molecule has 0 amide bonds. The predicted molar refractivity (Wildman–Crippen MR) is 61.5 cm³/mol. The summed E-state index contributed by atoms with van der Waals surface area (Å²) in [5, 5.41) is 0. The first-order valence-electron chi connectivity index (χ1n) is 5.24. The molecule has 0 aliphatic heterocycles. The maximum Gasteiger partial charge on any atom is 0.231 e. The maximum absolute atomic E-state index is 10.2. The fraction of sp³-hybridized carbons (Fsp3) is 1.00. The largest absolute Gasteiger partial charge is 0.378 e. The highest BCUT2D eigenvalue weighted by molar-refractivity contribution is 7.77. The molecule has 0 aliphatic carbocycles. The molecule has 0 saturated carbocycles. The van der Waals surface area contributed by atoms with Gasteiger partial charge in [0.1, 0.15) is 0 Å². The van der Waals surface area contributed by atoms with Gasteiger partial charge >= 0.3 is 0 Å². The van der Waals surface area contributed by atoms with Crippen LogP contribution in [0, 0.1) is 0 Å². The summed E-state index contributed by atoms with van der Waals surface area (Å²) in [6.07, 6.45) is 0.227. The molecule has 0 saturated heterocycles. The fourth-order valence-corrected chi connectivity index (χ4v) is 1.12. The lowest BCUT2D eigenvalue weighted by Crippen LogP contribution is -2.22. The van der Waals surface area contributed by atoms with E-state index in [9.17, 15) is 4.21 Å². The highest BCUT2D eigenvalue weighted by Crippen LogP contribution is 1.87. The van der Waals surface area contributed by atoms with Crippen molar-refractivity contribution in [1.29, 1.82) is 0 Å². The van der Waals surface area contributed by atoms with E-state index in [0.717, 1.165) is 0 Å². The Labute approximate surface area is 99.1 Å². The molecule has 0 aromatic heterocycles. The van der Waals surface area contributed by atoms with Crippen molar-refractivity contribution in [3.63, 3.8) is 0 Å².